The van der Waals surface area contributed by atoms with Crippen molar-refractivity contribution in [3.63, 3.8) is 0 Å². The summed E-state index contributed by atoms with van der Waals surface area (Å²) < 4.78 is 5.21. The summed E-state index contributed by atoms with van der Waals surface area (Å²) in [6.07, 6.45) is 0.639. The molecule has 20 heavy (non-hydrogen) atoms. The summed E-state index contributed by atoms with van der Waals surface area (Å²) in [7, 11) is 0. The van der Waals surface area contributed by atoms with Crippen LogP contribution in [0.2, 0.25) is 0 Å². The Morgan fingerprint density at radius 2 is 1.70 bits per heavy atom. The van der Waals surface area contributed by atoms with Gasteiger partial charge in [-0.05, 0) is 6.92 Å². The molecule has 7 heteroatoms. The number of carbonyl (C=O) groups is 2. The number of hydrogen-bond acceptors (Lipinski definition) is 4. The highest BCUT2D eigenvalue weighted by Gasteiger charge is 2.22. The molecule has 116 valence electrons. The molecule has 0 bridgehead atoms. The predicted molar refractivity (Wildman–Crippen MR) is 77.9 cm³/mol. The Bertz CT molecular complexity index is 335. The minimum absolute atomic E-state index is 0. The van der Waals surface area contributed by atoms with Crippen molar-refractivity contribution in [3.8, 4) is 0 Å². The van der Waals surface area contributed by atoms with Gasteiger partial charge in [0.25, 0.3) is 0 Å². The third kappa shape index (κ3) is 4.92. The molecule has 2 rings (SSSR count). The predicted octanol–water partition coefficient (Wildman–Crippen LogP) is -0.132. The van der Waals surface area contributed by atoms with Crippen LogP contribution in [0, 0.1) is 0 Å². The van der Waals surface area contributed by atoms with Crippen LogP contribution in [-0.2, 0) is 14.3 Å². The summed E-state index contributed by atoms with van der Waals surface area (Å²) in [4.78, 5) is 27.6. The highest BCUT2D eigenvalue weighted by Crippen LogP contribution is 2.06. The average molecular weight is 306 g/mol. The van der Waals surface area contributed by atoms with E-state index in [0.29, 0.717) is 45.2 Å². The van der Waals surface area contributed by atoms with Crippen molar-refractivity contribution in [2.45, 2.75) is 25.8 Å². The van der Waals surface area contributed by atoms with Crippen LogP contribution >= 0.6 is 12.4 Å². The molecule has 2 saturated heterocycles. The Kier molecular flexibility index (Phi) is 7.26. The monoisotopic (exact) mass is 305 g/mol. The van der Waals surface area contributed by atoms with Gasteiger partial charge < -0.3 is 19.9 Å². The second-order valence-corrected chi connectivity index (χ2v) is 5.19. The second kappa shape index (κ2) is 8.44. The fourth-order valence-electron chi connectivity index (χ4n) is 2.50. The molecule has 2 aliphatic rings. The topological polar surface area (TPSA) is 61.9 Å². The Hall–Kier alpha value is -0.850. The molecule has 0 saturated carbocycles. The van der Waals surface area contributed by atoms with Crippen LogP contribution in [-0.4, -0.2) is 73.6 Å². The zero-order valence-electron chi connectivity index (χ0n) is 12.0. The van der Waals surface area contributed by atoms with Gasteiger partial charge in [0.15, 0.2) is 0 Å². The van der Waals surface area contributed by atoms with Crippen molar-refractivity contribution in [2.24, 2.45) is 0 Å². The number of nitrogens with one attached hydrogen (secondary N) is 1. The number of carbonyl (C=O) groups excluding carboxylic acids is 2. The van der Waals surface area contributed by atoms with E-state index in [1.165, 1.54) is 0 Å². The van der Waals surface area contributed by atoms with Crippen LogP contribution in [0.25, 0.3) is 0 Å². The minimum Gasteiger partial charge on any atom is -0.378 e. The van der Waals surface area contributed by atoms with Crippen molar-refractivity contribution < 1.29 is 14.3 Å². The molecular weight excluding hydrogens is 282 g/mol. The van der Waals surface area contributed by atoms with E-state index in [-0.39, 0.29) is 24.2 Å². The molecule has 6 nitrogen and oxygen atoms in total. The van der Waals surface area contributed by atoms with Crippen LogP contribution in [0.4, 0.5) is 0 Å². The zero-order valence-corrected chi connectivity index (χ0v) is 12.8. The molecule has 1 unspecified atom stereocenters. The molecule has 2 heterocycles. The number of halogens is 1. The Morgan fingerprint density at radius 3 is 2.30 bits per heavy atom. The normalized spacial score (nSPS) is 23.1. The van der Waals surface area contributed by atoms with E-state index in [1.54, 1.807) is 4.90 Å². The fourth-order valence-corrected chi connectivity index (χ4v) is 2.50. The Labute approximate surface area is 126 Å². The van der Waals surface area contributed by atoms with Gasteiger partial charge in [-0.25, -0.2) is 0 Å². The lowest BCUT2D eigenvalue weighted by Gasteiger charge is -2.32. The van der Waals surface area contributed by atoms with Gasteiger partial charge in [-0.15, -0.1) is 12.4 Å². The maximum Gasteiger partial charge on any atom is 0.223 e. The van der Waals surface area contributed by atoms with Crippen molar-refractivity contribution >= 4 is 24.2 Å². The van der Waals surface area contributed by atoms with Gasteiger partial charge in [-0.2, -0.15) is 0 Å². The third-order valence-corrected chi connectivity index (χ3v) is 3.64. The molecule has 2 fully saturated rings. The molecule has 1 N–H and O–H groups in total. The molecule has 0 radical (unpaired) electrons. The average Bonchev–Trinajstić information content (AvgIpc) is 2.45. The second-order valence-electron chi connectivity index (χ2n) is 5.19. The van der Waals surface area contributed by atoms with Gasteiger partial charge in [0.2, 0.25) is 11.8 Å². The maximum absolute atomic E-state index is 12.0. The number of morpholine rings is 1. The molecule has 0 aromatic rings. The molecule has 2 amide bonds. The smallest absolute Gasteiger partial charge is 0.223 e. The molecular formula is C13H24ClN3O3. The van der Waals surface area contributed by atoms with E-state index in [4.69, 9.17) is 4.74 Å². The van der Waals surface area contributed by atoms with E-state index >= 15 is 0 Å². The first kappa shape index (κ1) is 17.2. The van der Waals surface area contributed by atoms with Crippen LogP contribution in [0.3, 0.4) is 0 Å². The number of hydrogen-bond donors (Lipinski definition) is 1. The van der Waals surface area contributed by atoms with Crippen molar-refractivity contribution in [1.82, 2.24) is 15.1 Å². The van der Waals surface area contributed by atoms with Gasteiger partial charge in [-0.3, -0.25) is 9.59 Å². The number of nitrogens with zero attached hydrogens (tertiary/aromatic N) is 2. The first-order chi connectivity index (χ1) is 9.16. The van der Waals surface area contributed by atoms with Gasteiger partial charge in [-0.1, -0.05) is 0 Å². The van der Waals surface area contributed by atoms with Gasteiger partial charge in [0.1, 0.15) is 0 Å². The largest absolute Gasteiger partial charge is 0.378 e. The Balaban J connectivity index is 0.00000200. The molecule has 0 spiro atoms. The number of piperazine rings is 1. The highest BCUT2D eigenvalue weighted by molar-refractivity contribution is 5.85. The first-order valence-electron chi connectivity index (χ1n) is 7.03. The van der Waals surface area contributed by atoms with E-state index in [1.807, 2.05) is 4.90 Å². The standard InChI is InChI=1S/C13H23N3O3.ClH/c1-11-10-16(5-4-14-11)13(18)3-2-12(17)15-6-8-19-9-7-15;/h11,14H,2-10H2,1H3;1H. The van der Waals surface area contributed by atoms with Crippen molar-refractivity contribution in [3.05, 3.63) is 0 Å². The lowest BCUT2D eigenvalue weighted by Crippen LogP contribution is -2.51. The summed E-state index contributed by atoms with van der Waals surface area (Å²) in [5.74, 6) is 0.162. The molecule has 1 atom stereocenters. The van der Waals surface area contributed by atoms with E-state index in [9.17, 15) is 9.59 Å². The summed E-state index contributed by atoms with van der Waals surface area (Å²) >= 11 is 0. The minimum atomic E-state index is 0. The van der Waals surface area contributed by atoms with E-state index in [2.05, 4.69) is 12.2 Å². The number of rotatable bonds is 3. The maximum atomic E-state index is 12.0. The molecule has 2 aliphatic heterocycles. The van der Waals surface area contributed by atoms with E-state index in [0.717, 1.165) is 19.6 Å². The van der Waals surface area contributed by atoms with Crippen molar-refractivity contribution in [2.75, 3.05) is 45.9 Å². The van der Waals surface area contributed by atoms with Crippen LogP contribution in [0.1, 0.15) is 19.8 Å². The zero-order chi connectivity index (χ0) is 13.7. The summed E-state index contributed by atoms with van der Waals surface area (Å²) in [5, 5.41) is 3.30. The van der Waals surface area contributed by atoms with Crippen LogP contribution in [0.15, 0.2) is 0 Å². The number of amides is 2. The first-order valence-corrected chi connectivity index (χ1v) is 7.03. The number of ether oxygens (including phenoxy) is 1. The van der Waals surface area contributed by atoms with Crippen LogP contribution < -0.4 is 5.32 Å². The third-order valence-electron chi connectivity index (χ3n) is 3.64. The molecule has 0 aliphatic carbocycles. The molecule has 0 aromatic carbocycles. The lowest BCUT2D eigenvalue weighted by molar-refractivity contribution is -0.139. The summed E-state index contributed by atoms with van der Waals surface area (Å²) in [6, 6.07) is 0.340. The van der Waals surface area contributed by atoms with Crippen molar-refractivity contribution in [1.29, 1.82) is 0 Å². The lowest BCUT2D eigenvalue weighted by atomic mass is 10.2. The quantitative estimate of drug-likeness (QED) is 0.789. The van der Waals surface area contributed by atoms with Crippen LogP contribution in [0.5, 0.6) is 0 Å². The van der Waals surface area contributed by atoms with Gasteiger partial charge in [0.05, 0.1) is 13.2 Å². The van der Waals surface area contributed by atoms with Gasteiger partial charge in [0, 0.05) is 51.6 Å². The molecule has 0 aromatic heterocycles. The van der Waals surface area contributed by atoms with E-state index < -0.39 is 0 Å². The summed E-state index contributed by atoms with van der Waals surface area (Å²) in [5.41, 5.74) is 0. The fraction of sp³-hybridized carbons (Fsp3) is 0.846. The summed E-state index contributed by atoms with van der Waals surface area (Å²) in [6.45, 7) is 6.90. The van der Waals surface area contributed by atoms with Gasteiger partial charge >= 0.3 is 0 Å². The highest BCUT2D eigenvalue weighted by atomic mass is 35.5. The SMILES string of the molecule is CC1CN(C(=O)CCC(=O)N2CCOCC2)CCN1.Cl. The Morgan fingerprint density at radius 1 is 1.10 bits per heavy atom.